The van der Waals surface area contributed by atoms with Crippen LogP contribution in [0.1, 0.15) is 31.2 Å². The summed E-state index contributed by atoms with van der Waals surface area (Å²) in [5, 5.41) is 18.7. The van der Waals surface area contributed by atoms with Crippen LogP contribution in [-0.4, -0.2) is 46.1 Å². The maximum atomic E-state index is 12.7. The zero-order valence-corrected chi connectivity index (χ0v) is 14.2. The number of ketones is 1. The van der Waals surface area contributed by atoms with Crippen LogP contribution in [0.2, 0.25) is 0 Å². The molecule has 0 spiro atoms. The van der Waals surface area contributed by atoms with Gasteiger partial charge in [-0.2, -0.15) is 5.48 Å². The van der Waals surface area contributed by atoms with Gasteiger partial charge in [-0.15, -0.1) is 0 Å². The van der Waals surface area contributed by atoms with Crippen molar-refractivity contribution in [3.05, 3.63) is 35.9 Å². The number of carbonyl (C=O) groups is 3. The number of carboxylic acids is 1. The number of nitrogens with zero attached hydrogens (tertiary/aromatic N) is 1. The molecule has 1 aromatic carbocycles. The maximum Gasteiger partial charge on any atom is 0.307 e. The first-order valence-corrected chi connectivity index (χ1v) is 8.41. The predicted octanol–water partition coefficient (Wildman–Crippen LogP) is 1.45. The van der Waals surface area contributed by atoms with Gasteiger partial charge in [0, 0.05) is 13.5 Å². The Morgan fingerprint density at radius 1 is 1.16 bits per heavy atom. The summed E-state index contributed by atoms with van der Waals surface area (Å²) in [6, 6.07) is 9.02. The Balaban J connectivity index is 2.09. The summed E-state index contributed by atoms with van der Waals surface area (Å²) in [6.45, 7) is 0. The molecule has 0 radical (unpaired) electrons. The molecule has 7 nitrogen and oxygen atoms in total. The highest BCUT2D eigenvalue weighted by Crippen LogP contribution is 2.31. The van der Waals surface area contributed by atoms with Crippen molar-refractivity contribution in [3.63, 3.8) is 0 Å². The van der Waals surface area contributed by atoms with Gasteiger partial charge in [-0.25, -0.2) is 0 Å². The van der Waals surface area contributed by atoms with E-state index in [9.17, 15) is 24.7 Å². The number of nitrogens with one attached hydrogen (secondary N) is 1. The van der Waals surface area contributed by atoms with Crippen LogP contribution in [0.15, 0.2) is 30.3 Å². The van der Waals surface area contributed by atoms with E-state index < -0.39 is 29.9 Å². The van der Waals surface area contributed by atoms with Crippen molar-refractivity contribution >= 4 is 17.7 Å². The van der Waals surface area contributed by atoms with Gasteiger partial charge in [0.1, 0.15) is 0 Å². The van der Waals surface area contributed by atoms with Gasteiger partial charge in [0.25, 0.3) is 0 Å². The van der Waals surface area contributed by atoms with E-state index >= 15 is 0 Å². The third-order valence-electron chi connectivity index (χ3n) is 4.78. The summed E-state index contributed by atoms with van der Waals surface area (Å²) < 4.78 is 0. The number of amides is 1. The molecule has 2 rings (SSSR count). The summed E-state index contributed by atoms with van der Waals surface area (Å²) in [4.78, 5) is 37.7. The number of Topliss-reactive ketones (excluding diaryl/α,β-unsaturated/α-hetero) is 1. The maximum absolute atomic E-state index is 12.7. The molecular formula is C18H24N2O5. The first kappa shape index (κ1) is 19.1. The zero-order chi connectivity index (χ0) is 18.4. The van der Waals surface area contributed by atoms with Gasteiger partial charge in [-0.3, -0.25) is 14.4 Å². The molecule has 0 heterocycles. The average molecular weight is 348 g/mol. The highest BCUT2D eigenvalue weighted by Gasteiger charge is 2.39. The minimum Gasteiger partial charge on any atom is -0.481 e. The molecule has 1 aromatic rings. The molecule has 0 aliphatic heterocycles. The number of carbonyl (C=O) groups excluding carboxylic acids is 2. The number of likely N-dealkylation sites (N-methyl/N-ethyl adjacent to an activating group) is 1. The lowest BCUT2D eigenvalue weighted by Gasteiger charge is -2.33. The Labute approximate surface area is 146 Å². The number of hydroxylamine groups is 1. The third kappa shape index (κ3) is 4.64. The molecule has 0 aromatic heterocycles. The fourth-order valence-electron chi connectivity index (χ4n) is 3.38. The van der Waals surface area contributed by atoms with Gasteiger partial charge in [-0.05, 0) is 18.4 Å². The topological polar surface area (TPSA) is 107 Å². The average Bonchev–Trinajstić information content (AvgIpc) is 2.62. The number of benzene rings is 1. The Kier molecular flexibility index (Phi) is 6.66. The van der Waals surface area contributed by atoms with E-state index in [1.807, 2.05) is 11.5 Å². The van der Waals surface area contributed by atoms with Crippen molar-refractivity contribution < 1.29 is 24.7 Å². The summed E-state index contributed by atoms with van der Waals surface area (Å²) in [5.74, 6) is -3.20. The largest absolute Gasteiger partial charge is 0.481 e. The van der Waals surface area contributed by atoms with Crippen LogP contribution in [0, 0.1) is 11.8 Å². The van der Waals surface area contributed by atoms with E-state index in [0.717, 1.165) is 23.3 Å². The van der Waals surface area contributed by atoms with E-state index in [2.05, 4.69) is 0 Å². The molecule has 1 unspecified atom stereocenters. The first-order chi connectivity index (χ1) is 12.0. The van der Waals surface area contributed by atoms with Crippen LogP contribution in [0.5, 0.6) is 0 Å². The molecule has 1 fully saturated rings. The zero-order valence-electron chi connectivity index (χ0n) is 14.2. The number of carboxylic acid groups (broad SMARTS) is 1. The van der Waals surface area contributed by atoms with Gasteiger partial charge < -0.3 is 15.2 Å². The van der Waals surface area contributed by atoms with Gasteiger partial charge in [-0.1, -0.05) is 43.2 Å². The van der Waals surface area contributed by atoms with E-state index in [1.54, 1.807) is 24.3 Å². The minimum absolute atomic E-state index is 0.0592. The normalized spacial score (nSPS) is 21.4. The molecule has 7 heteroatoms. The molecule has 0 bridgehead atoms. The fraction of sp³-hybridized carbons (Fsp3) is 0.500. The first-order valence-electron chi connectivity index (χ1n) is 8.41. The second kappa shape index (κ2) is 8.73. The number of rotatable bonds is 7. The van der Waals surface area contributed by atoms with Gasteiger partial charge in [0.2, 0.25) is 5.91 Å². The van der Waals surface area contributed by atoms with Crippen molar-refractivity contribution in [1.29, 1.82) is 0 Å². The lowest BCUT2D eigenvalue weighted by Crippen LogP contribution is -2.54. The predicted molar refractivity (Wildman–Crippen MR) is 89.7 cm³/mol. The number of aliphatic carboxylic acids is 1. The molecule has 1 amide bonds. The highest BCUT2D eigenvalue weighted by molar-refractivity contribution is 5.92. The molecule has 0 saturated heterocycles. The van der Waals surface area contributed by atoms with E-state index in [0.29, 0.717) is 12.8 Å². The van der Waals surface area contributed by atoms with Gasteiger partial charge in [0.15, 0.2) is 11.9 Å². The SMILES string of the molecule is CN(C(=O)[C@@H]1CCCC[C@@H]1C(=O)O)C(NO)C(=O)Cc1ccccc1. The number of hydrogen-bond acceptors (Lipinski definition) is 5. The molecule has 1 saturated carbocycles. The van der Waals surface area contributed by atoms with Crippen molar-refractivity contribution in [1.82, 2.24) is 10.4 Å². The summed E-state index contributed by atoms with van der Waals surface area (Å²) in [5.41, 5.74) is 2.67. The monoisotopic (exact) mass is 348 g/mol. The fourth-order valence-corrected chi connectivity index (χ4v) is 3.38. The van der Waals surface area contributed by atoms with Crippen LogP contribution >= 0.6 is 0 Å². The molecular weight excluding hydrogens is 324 g/mol. The van der Waals surface area contributed by atoms with Gasteiger partial charge >= 0.3 is 5.97 Å². The van der Waals surface area contributed by atoms with Crippen molar-refractivity contribution in [2.75, 3.05) is 7.05 Å². The standard InChI is InChI=1S/C18H24N2O5/c1-20(17(22)13-9-5-6-10-14(13)18(23)24)16(19-25)15(21)11-12-7-3-2-4-8-12/h2-4,7-8,13-14,16,19,25H,5-6,9-11H2,1H3,(H,23,24)/t13-,14+,16?/m1/s1. The van der Waals surface area contributed by atoms with Crippen molar-refractivity contribution in [2.24, 2.45) is 11.8 Å². The Bertz CT molecular complexity index is 619. The highest BCUT2D eigenvalue weighted by atomic mass is 16.5. The Morgan fingerprint density at radius 2 is 1.76 bits per heavy atom. The summed E-state index contributed by atoms with van der Waals surface area (Å²) in [6.07, 6.45) is 1.34. The minimum atomic E-state index is -1.20. The molecule has 1 aliphatic rings. The van der Waals surface area contributed by atoms with E-state index in [1.165, 1.54) is 7.05 Å². The van der Waals surface area contributed by atoms with E-state index in [-0.39, 0.29) is 12.2 Å². The van der Waals surface area contributed by atoms with Crippen LogP contribution in [-0.2, 0) is 20.8 Å². The van der Waals surface area contributed by atoms with Crippen LogP contribution in [0.25, 0.3) is 0 Å². The second-order valence-corrected chi connectivity index (χ2v) is 6.45. The van der Waals surface area contributed by atoms with Gasteiger partial charge in [0.05, 0.1) is 11.8 Å². The Morgan fingerprint density at radius 3 is 2.32 bits per heavy atom. The lowest BCUT2D eigenvalue weighted by molar-refractivity contribution is -0.155. The number of hydrogen-bond donors (Lipinski definition) is 3. The lowest BCUT2D eigenvalue weighted by atomic mass is 9.78. The van der Waals surface area contributed by atoms with Crippen LogP contribution in [0.4, 0.5) is 0 Å². The van der Waals surface area contributed by atoms with Crippen LogP contribution in [0.3, 0.4) is 0 Å². The quantitative estimate of drug-likeness (QED) is 0.509. The smallest absolute Gasteiger partial charge is 0.307 e. The molecule has 1 aliphatic carbocycles. The molecule has 3 atom stereocenters. The third-order valence-corrected chi connectivity index (χ3v) is 4.78. The van der Waals surface area contributed by atoms with Crippen molar-refractivity contribution in [2.45, 2.75) is 38.3 Å². The summed E-state index contributed by atoms with van der Waals surface area (Å²) >= 11 is 0. The molecule has 3 N–H and O–H groups in total. The Hall–Kier alpha value is -2.25. The van der Waals surface area contributed by atoms with E-state index in [4.69, 9.17) is 0 Å². The molecule has 136 valence electrons. The van der Waals surface area contributed by atoms with Crippen LogP contribution < -0.4 is 5.48 Å². The molecule has 25 heavy (non-hydrogen) atoms. The van der Waals surface area contributed by atoms with Crippen molar-refractivity contribution in [3.8, 4) is 0 Å². The summed E-state index contributed by atoms with van der Waals surface area (Å²) in [7, 11) is 1.41. The second-order valence-electron chi connectivity index (χ2n) is 6.45.